The molecule has 3 aromatic rings. The predicted octanol–water partition coefficient (Wildman–Crippen LogP) is 7.26. The van der Waals surface area contributed by atoms with Crippen molar-refractivity contribution in [3.05, 3.63) is 50.0 Å². The standard InChI is InChI=1S/C18H11F6NOS3/c1-7-12(6-13(28-7)16(26)27)15-25-14(8(2)29-15)9-3-10(17(19,20)21)5-11(4-9)18(22,23)24/h3-6H,1-2H3,(H,26,27). The van der Waals surface area contributed by atoms with Gasteiger partial charge in [-0.25, -0.2) is 4.98 Å². The number of rotatable bonds is 3. The molecule has 2 heterocycles. The number of nitrogens with zero attached hydrogens (tertiary/aromatic N) is 1. The molecule has 0 bridgehead atoms. The normalized spacial score (nSPS) is 12.4. The van der Waals surface area contributed by atoms with Crippen LogP contribution in [0.3, 0.4) is 0 Å². The highest BCUT2D eigenvalue weighted by molar-refractivity contribution is 7.97. The van der Waals surface area contributed by atoms with Crippen LogP contribution in [0.1, 0.15) is 30.6 Å². The summed E-state index contributed by atoms with van der Waals surface area (Å²) in [7, 11) is 0. The number of thiophene rings is 1. The van der Waals surface area contributed by atoms with Gasteiger partial charge in [-0.2, -0.15) is 26.3 Å². The zero-order valence-corrected chi connectivity index (χ0v) is 17.2. The summed E-state index contributed by atoms with van der Waals surface area (Å²) in [4.78, 5) is 17.3. The van der Waals surface area contributed by atoms with Crippen LogP contribution >= 0.6 is 35.3 Å². The molecule has 2 aromatic heterocycles. The summed E-state index contributed by atoms with van der Waals surface area (Å²) in [5.74, 6) is 0. The smallest absolute Gasteiger partial charge is 0.281 e. The van der Waals surface area contributed by atoms with Gasteiger partial charge >= 0.3 is 12.4 Å². The van der Waals surface area contributed by atoms with Crippen molar-refractivity contribution in [2.24, 2.45) is 0 Å². The van der Waals surface area contributed by atoms with Crippen LogP contribution in [0.5, 0.6) is 0 Å². The maximum absolute atomic E-state index is 13.1. The highest BCUT2D eigenvalue weighted by Gasteiger charge is 2.37. The number of carbonyl (C=O) groups is 1. The van der Waals surface area contributed by atoms with E-state index in [1.54, 1.807) is 19.9 Å². The number of hydrogen-bond donors (Lipinski definition) is 1. The second-order valence-electron chi connectivity index (χ2n) is 6.10. The van der Waals surface area contributed by atoms with Crippen molar-refractivity contribution in [2.45, 2.75) is 26.2 Å². The Balaban J connectivity index is 2.16. The lowest BCUT2D eigenvalue weighted by Crippen LogP contribution is -2.11. The van der Waals surface area contributed by atoms with Gasteiger partial charge in [0.2, 0.25) is 5.12 Å². The first-order chi connectivity index (χ1) is 13.3. The molecular formula is C18H11F6NOS3. The third-order valence-electron chi connectivity index (χ3n) is 4.02. The number of thiazole rings is 1. The topological polar surface area (TPSA) is 30.0 Å². The van der Waals surface area contributed by atoms with Crippen LogP contribution in [-0.4, -0.2) is 10.1 Å². The molecule has 0 saturated carbocycles. The minimum absolute atomic E-state index is 0.0333. The lowest BCUT2D eigenvalue weighted by molar-refractivity contribution is -0.143. The van der Waals surface area contributed by atoms with E-state index in [2.05, 4.69) is 17.6 Å². The first-order valence-corrected chi connectivity index (χ1v) is 9.96. The van der Waals surface area contributed by atoms with Crippen molar-refractivity contribution in [1.29, 1.82) is 0 Å². The summed E-state index contributed by atoms with van der Waals surface area (Å²) in [5, 5.41) is -0.0383. The van der Waals surface area contributed by atoms with Crippen molar-refractivity contribution in [2.75, 3.05) is 0 Å². The molecule has 0 aliphatic carbocycles. The molecule has 0 N–H and O–H groups in total. The van der Waals surface area contributed by atoms with E-state index in [1.165, 1.54) is 11.3 Å². The molecule has 2 nitrogen and oxygen atoms in total. The van der Waals surface area contributed by atoms with Crippen LogP contribution in [0.25, 0.3) is 21.8 Å². The maximum atomic E-state index is 13.1. The molecule has 0 atom stereocenters. The molecule has 0 unspecified atom stereocenters. The molecule has 0 amide bonds. The minimum Gasteiger partial charge on any atom is -0.281 e. The van der Waals surface area contributed by atoms with Gasteiger partial charge < -0.3 is 0 Å². The molecule has 3 rings (SSSR count). The zero-order chi connectivity index (χ0) is 21.7. The van der Waals surface area contributed by atoms with E-state index in [9.17, 15) is 31.1 Å². The lowest BCUT2D eigenvalue weighted by Gasteiger charge is -2.13. The van der Waals surface area contributed by atoms with Crippen molar-refractivity contribution in [3.63, 3.8) is 0 Å². The van der Waals surface area contributed by atoms with Crippen molar-refractivity contribution in [1.82, 2.24) is 4.98 Å². The molecule has 0 aliphatic heterocycles. The second kappa shape index (κ2) is 7.44. The highest BCUT2D eigenvalue weighted by atomic mass is 32.1. The van der Waals surface area contributed by atoms with Gasteiger partial charge in [0.05, 0.1) is 21.7 Å². The van der Waals surface area contributed by atoms with Crippen LogP contribution in [0.2, 0.25) is 0 Å². The second-order valence-corrected chi connectivity index (χ2v) is 8.97. The largest absolute Gasteiger partial charge is 0.416 e. The molecule has 0 radical (unpaired) electrons. The number of hydrogen-bond acceptors (Lipinski definition) is 4. The fourth-order valence-corrected chi connectivity index (χ4v) is 4.81. The van der Waals surface area contributed by atoms with E-state index in [-0.39, 0.29) is 17.3 Å². The van der Waals surface area contributed by atoms with Crippen LogP contribution in [0.15, 0.2) is 24.3 Å². The molecule has 0 spiro atoms. The minimum atomic E-state index is -4.94. The maximum Gasteiger partial charge on any atom is 0.416 e. The van der Waals surface area contributed by atoms with Gasteiger partial charge in [-0.05, 0) is 38.1 Å². The Morgan fingerprint density at radius 1 is 0.897 bits per heavy atom. The predicted molar refractivity (Wildman–Crippen MR) is 104 cm³/mol. The van der Waals surface area contributed by atoms with E-state index in [1.807, 2.05) is 0 Å². The fourth-order valence-electron chi connectivity index (χ4n) is 2.67. The number of aryl methyl sites for hydroxylation is 2. The number of carbonyl (C=O) groups excluding carboxylic acids is 1. The monoisotopic (exact) mass is 467 g/mol. The van der Waals surface area contributed by atoms with E-state index < -0.39 is 28.6 Å². The number of benzene rings is 1. The van der Waals surface area contributed by atoms with Gasteiger partial charge in [0.1, 0.15) is 5.01 Å². The average molecular weight is 467 g/mol. The molecule has 154 valence electrons. The van der Waals surface area contributed by atoms with Crippen LogP contribution < -0.4 is 0 Å². The van der Waals surface area contributed by atoms with Crippen molar-refractivity contribution >= 4 is 40.4 Å². The summed E-state index contributed by atoms with van der Waals surface area (Å²) in [6.07, 6.45) is -9.87. The summed E-state index contributed by atoms with van der Waals surface area (Å²) in [5.41, 5.74) is -2.44. The Morgan fingerprint density at radius 3 is 1.90 bits per heavy atom. The fraction of sp³-hybridized carbons (Fsp3) is 0.222. The molecule has 0 saturated heterocycles. The highest BCUT2D eigenvalue weighted by Crippen LogP contribution is 2.42. The van der Waals surface area contributed by atoms with Gasteiger partial charge in [-0.1, -0.05) is 12.6 Å². The van der Waals surface area contributed by atoms with Crippen LogP contribution in [0, 0.1) is 13.8 Å². The lowest BCUT2D eigenvalue weighted by atomic mass is 10.0. The van der Waals surface area contributed by atoms with Crippen molar-refractivity contribution < 1.29 is 31.1 Å². The Kier molecular flexibility index (Phi) is 5.61. The Hall–Kier alpha value is -1.85. The van der Waals surface area contributed by atoms with E-state index in [0.29, 0.717) is 32.5 Å². The van der Waals surface area contributed by atoms with Crippen LogP contribution in [0.4, 0.5) is 26.3 Å². The van der Waals surface area contributed by atoms with E-state index >= 15 is 0 Å². The molecular weight excluding hydrogens is 456 g/mol. The van der Waals surface area contributed by atoms with Gasteiger partial charge in [-0.15, -0.1) is 22.7 Å². The zero-order valence-electron chi connectivity index (χ0n) is 14.7. The molecule has 11 heteroatoms. The number of halogens is 6. The number of aromatic nitrogens is 1. The Bertz CT molecular complexity index is 1060. The third-order valence-corrected chi connectivity index (χ3v) is 6.46. The molecule has 1 aromatic carbocycles. The molecule has 0 aliphatic rings. The average Bonchev–Trinajstić information content (AvgIpc) is 3.15. The van der Waals surface area contributed by atoms with Crippen LogP contribution in [-0.2, 0) is 12.4 Å². The first-order valence-electron chi connectivity index (χ1n) is 7.88. The van der Waals surface area contributed by atoms with Gasteiger partial charge in [0, 0.05) is 20.9 Å². The number of thiol groups is 1. The van der Waals surface area contributed by atoms with E-state index in [4.69, 9.17) is 0 Å². The van der Waals surface area contributed by atoms with Gasteiger partial charge in [-0.3, -0.25) is 4.79 Å². The number of alkyl halides is 6. The SMILES string of the molecule is Cc1sc(C(=O)S)cc1-c1nc(-c2cc(C(F)(F)F)cc(C(F)(F)F)c2)c(C)s1. The van der Waals surface area contributed by atoms with Crippen molar-refractivity contribution in [3.8, 4) is 21.8 Å². The quantitative estimate of drug-likeness (QED) is 0.324. The molecule has 29 heavy (non-hydrogen) atoms. The third kappa shape index (κ3) is 4.51. The summed E-state index contributed by atoms with van der Waals surface area (Å²) in [6.45, 7) is 3.30. The molecule has 0 fully saturated rings. The van der Waals surface area contributed by atoms with Gasteiger partial charge in [0.25, 0.3) is 0 Å². The summed E-state index contributed by atoms with van der Waals surface area (Å²) < 4.78 is 78.8. The van der Waals surface area contributed by atoms with Gasteiger partial charge in [0.15, 0.2) is 0 Å². The van der Waals surface area contributed by atoms with E-state index in [0.717, 1.165) is 16.2 Å². The summed E-state index contributed by atoms with van der Waals surface area (Å²) >= 11 is 6.07. The Labute approximate surface area is 174 Å². The summed E-state index contributed by atoms with van der Waals surface area (Å²) in [6, 6.07) is 2.96. The Morgan fingerprint density at radius 2 is 1.45 bits per heavy atom. The first kappa shape index (κ1) is 21.8.